The number of hydrogen-bond acceptors (Lipinski definition) is 14. The number of carbonyl (C=O) groups is 3. The van der Waals surface area contributed by atoms with Crippen molar-refractivity contribution >= 4 is 63.7 Å². The maximum Gasteiger partial charge on any atom is 0.352 e. The van der Waals surface area contributed by atoms with E-state index >= 15 is 0 Å². The predicted octanol–water partition coefficient (Wildman–Crippen LogP) is 0.746. The summed E-state index contributed by atoms with van der Waals surface area (Å²) in [5.74, 6) is -2.71. The van der Waals surface area contributed by atoms with Crippen molar-refractivity contribution in [2.75, 3.05) is 17.2 Å². The average Bonchev–Trinajstić information content (AvgIpc) is 3.59. The lowest BCUT2D eigenvalue weighted by atomic mass is 10.0. The Morgan fingerprint density at radius 2 is 2.15 bits per heavy atom. The number of hydrogen-bond donors (Lipinski definition) is 3. The van der Waals surface area contributed by atoms with E-state index in [0.29, 0.717) is 17.3 Å². The summed E-state index contributed by atoms with van der Waals surface area (Å²) in [6.45, 7) is 4.03. The van der Waals surface area contributed by atoms with Gasteiger partial charge in [0.15, 0.2) is 10.9 Å². The number of anilines is 1. The molecule has 212 valence electrons. The van der Waals surface area contributed by atoms with Crippen LogP contribution < -0.4 is 15.9 Å². The van der Waals surface area contributed by atoms with Crippen LogP contribution in [0.15, 0.2) is 58.5 Å². The fraction of sp³-hybridized carbons (Fsp3) is 0.227. The Labute approximate surface area is 242 Å². The van der Waals surface area contributed by atoms with Gasteiger partial charge in [-0.3, -0.25) is 14.5 Å². The van der Waals surface area contributed by atoms with Crippen molar-refractivity contribution in [3.63, 3.8) is 0 Å². The summed E-state index contributed by atoms with van der Waals surface area (Å²) in [6, 6.07) is 3.85. The van der Waals surface area contributed by atoms with E-state index in [-0.39, 0.29) is 39.6 Å². The number of benzene rings is 1. The number of aliphatic carboxylic acids is 1. The summed E-state index contributed by atoms with van der Waals surface area (Å²) in [5.41, 5.74) is 5.64. The van der Waals surface area contributed by atoms with Crippen LogP contribution in [0, 0.1) is 5.82 Å². The normalized spacial score (nSPS) is 18.5. The maximum atomic E-state index is 13.2. The molecule has 2 aromatic heterocycles. The summed E-state index contributed by atoms with van der Waals surface area (Å²) in [5, 5.41) is 27.6. The Kier molecular flexibility index (Phi) is 8.26. The molecule has 0 spiro atoms. The number of nitrogen functional groups attached to an aromatic ring is 1. The lowest BCUT2D eigenvalue weighted by molar-refractivity contribution is -0.150. The van der Waals surface area contributed by atoms with E-state index in [4.69, 9.17) is 10.6 Å². The fourth-order valence-electron chi connectivity index (χ4n) is 3.80. The highest BCUT2D eigenvalue weighted by Gasteiger charge is 2.54. The Hall–Kier alpha value is -4.36. The number of thioether (sulfide) groups is 2. The highest BCUT2D eigenvalue weighted by atomic mass is 32.2. The topological polar surface area (TPSA) is 204 Å². The van der Waals surface area contributed by atoms with Crippen LogP contribution in [0.2, 0.25) is 0 Å². The molecule has 19 heteroatoms. The van der Waals surface area contributed by atoms with Crippen molar-refractivity contribution in [3.05, 3.63) is 59.8 Å². The number of nitrogens with two attached hydrogens (primary N) is 1. The highest BCUT2D eigenvalue weighted by molar-refractivity contribution is 8.01. The zero-order chi connectivity index (χ0) is 29.1. The number of nitrogens with zero attached hydrogens (tertiary/aromatic N) is 8. The van der Waals surface area contributed by atoms with Crippen LogP contribution in [-0.4, -0.2) is 86.0 Å². The molecule has 0 radical (unpaired) electrons. The number of carboxylic acid groups (broad SMARTS) is 1. The number of rotatable bonds is 11. The molecule has 4 N–H and O–H groups in total. The molecule has 41 heavy (non-hydrogen) atoms. The minimum absolute atomic E-state index is 0.0659. The Morgan fingerprint density at radius 3 is 2.83 bits per heavy atom. The fourth-order valence-corrected chi connectivity index (χ4v) is 6.61. The van der Waals surface area contributed by atoms with Crippen LogP contribution in [0.1, 0.15) is 5.82 Å². The van der Waals surface area contributed by atoms with Crippen molar-refractivity contribution in [2.45, 2.75) is 23.1 Å². The summed E-state index contributed by atoms with van der Waals surface area (Å²) >= 11 is 3.35. The second-order valence-electron chi connectivity index (χ2n) is 8.28. The van der Waals surface area contributed by atoms with E-state index < -0.39 is 35.0 Å². The van der Waals surface area contributed by atoms with Gasteiger partial charge in [-0.1, -0.05) is 23.0 Å². The van der Waals surface area contributed by atoms with E-state index in [2.05, 4.69) is 41.9 Å². The molecule has 1 fully saturated rings. The molecule has 0 bridgehead atoms. The lowest BCUT2D eigenvalue weighted by Gasteiger charge is -2.49. The van der Waals surface area contributed by atoms with E-state index in [1.165, 1.54) is 40.3 Å². The number of fused-ring (bicyclic) bond motifs is 1. The number of carboxylic acids is 1. The Balaban J connectivity index is 1.31. The van der Waals surface area contributed by atoms with Crippen molar-refractivity contribution in [3.8, 4) is 5.75 Å². The summed E-state index contributed by atoms with van der Waals surface area (Å²) < 4.78 is 18.7. The lowest BCUT2D eigenvalue weighted by Crippen LogP contribution is -2.71. The van der Waals surface area contributed by atoms with E-state index in [1.807, 2.05) is 0 Å². The molecule has 2 atom stereocenters. The van der Waals surface area contributed by atoms with E-state index in [1.54, 1.807) is 6.08 Å². The van der Waals surface area contributed by atoms with Gasteiger partial charge in [0.2, 0.25) is 16.7 Å². The van der Waals surface area contributed by atoms with Crippen LogP contribution in [0.4, 0.5) is 9.52 Å². The second kappa shape index (κ2) is 12.0. The van der Waals surface area contributed by atoms with Gasteiger partial charge in [-0.25, -0.2) is 13.9 Å². The van der Waals surface area contributed by atoms with Gasteiger partial charge in [-0.05, 0) is 40.3 Å². The molecular weight excluding hydrogens is 600 g/mol. The van der Waals surface area contributed by atoms with Crippen LogP contribution >= 0.6 is 35.1 Å². The first-order chi connectivity index (χ1) is 19.8. The van der Waals surface area contributed by atoms with Gasteiger partial charge < -0.3 is 21.0 Å². The molecule has 0 saturated carbocycles. The van der Waals surface area contributed by atoms with Crippen LogP contribution in [-0.2, 0) is 20.9 Å². The molecule has 2 aliphatic heterocycles. The minimum Gasteiger partial charge on any atom is -0.477 e. The minimum atomic E-state index is -1.27. The van der Waals surface area contributed by atoms with Gasteiger partial charge >= 0.3 is 5.97 Å². The molecule has 1 saturated heterocycles. The largest absolute Gasteiger partial charge is 0.477 e. The smallest absolute Gasteiger partial charge is 0.352 e. The predicted molar refractivity (Wildman–Crippen MR) is 146 cm³/mol. The summed E-state index contributed by atoms with van der Waals surface area (Å²) in [7, 11) is 0. The molecule has 1 aromatic carbocycles. The third-order valence-corrected chi connectivity index (χ3v) is 8.56. The molecule has 3 aromatic rings. The highest BCUT2D eigenvalue weighted by Crippen LogP contribution is 2.41. The standard InChI is InChI=1S/C22H19FN10O5S3/c1-2-7-32-22(27-30-31-32)40-9-10-8-39-19-14(18(35)33(19)15(10)20(36)37)25-17(34)13(16-26-21(24)41-29-16)28-38-12-5-3-11(23)4-6-12/h2-6,14,19H,1,7-9H2,(H,25,34)(H,36,37)(H2,24,26,29)/b28-13-/t14?,19-/m1/s1. The number of aromatic nitrogens is 6. The number of β-lactam (4-membered cyclic amide) rings is 1. The third kappa shape index (κ3) is 5.91. The number of tetrazole rings is 1. The molecule has 2 aliphatic rings. The van der Waals surface area contributed by atoms with Crippen molar-refractivity contribution in [1.82, 2.24) is 39.8 Å². The van der Waals surface area contributed by atoms with Crippen LogP contribution in [0.5, 0.6) is 5.75 Å². The zero-order valence-corrected chi connectivity index (χ0v) is 23.2. The number of halogens is 1. The van der Waals surface area contributed by atoms with Crippen molar-refractivity contribution < 1.29 is 28.7 Å². The van der Waals surface area contributed by atoms with E-state index in [9.17, 15) is 23.9 Å². The van der Waals surface area contributed by atoms with Gasteiger partial charge in [0.1, 0.15) is 22.9 Å². The van der Waals surface area contributed by atoms with E-state index in [0.717, 1.165) is 28.6 Å². The Morgan fingerprint density at radius 1 is 1.37 bits per heavy atom. The molecule has 4 heterocycles. The van der Waals surface area contributed by atoms with Crippen LogP contribution in [0.3, 0.4) is 0 Å². The van der Waals surface area contributed by atoms with Gasteiger partial charge in [0.25, 0.3) is 11.8 Å². The van der Waals surface area contributed by atoms with Crippen molar-refractivity contribution in [2.24, 2.45) is 5.16 Å². The first kappa shape index (κ1) is 28.2. The SMILES string of the molecule is C=CCn1nnnc1SCC1=C(C(=O)O)N2C(=O)C(NC(=O)/C(=N\Oc3ccc(F)cc3)c3nsc(N)n3)[C@H]2SC1. The van der Waals surface area contributed by atoms with Crippen molar-refractivity contribution in [1.29, 1.82) is 0 Å². The molecular formula is C22H19FN10O5S3. The molecule has 1 unspecified atom stereocenters. The summed E-state index contributed by atoms with van der Waals surface area (Å²) in [4.78, 5) is 48.9. The van der Waals surface area contributed by atoms with Gasteiger partial charge in [0.05, 0.1) is 6.54 Å². The average molecular weight is 619 g/mol. The molecule has 5 rings (SSSR count). The quantitative estimate of drug-likeness (QED) is 0.0893. The third-order valence-electron chi connectivity index (χ3n) is 5.64. The molecule has 2 amide bonds. The monoisotopic (exact) mass is 618 g/mol. The zero-order valence-electron chi connectivity index (χ0n) is 20.7. The van der Waals surface area contributed by atoms with Crippen LogP contribution in [0.25, 0.3) is 0 Å². The number of oxime groups is 1. The summed E-state index contributed by atoms with van der Waals surface area (Å²) in [6.07, 6.45) is 1.63. The molecule has 15 nitrogen and oxygen atoms in total. The van der Waals surface area contributed by atoms with Gasteiger partial charge in [-0.15, -0.1) is 23.4 Å². The number of allylic oxidation sites excluding steroid dienone is 1. The second-order valence-corrected chi connectivity index (χ2v) is 11.1. The van der Waals surface area contributed by atoms with Gasteiger partial charge in [-0.2, -0.15) is 9.36 Å². The maximum absolute atomic E-state index is 13.2. The molecule has 0 aliphatic carbocycles. The van der Waals surface area contributed by atoms with Gasteiger partial charge in [0, 0.05) is 23.0 Å². The Bertz CT molecular complexity index is 1570. The first-order valence-corrected chi connectivity index (χ1v) is 14.4. The first-order valence-electron chi connectivity index (χ1n) is 11.6. The number of carbonyl (C=O) groups excluding carboxylic acids is 2. The number of nitrogens with one attached hydrogen (secondary N) is 1. The number of amides is 2.